The smallest absolute Gasteiger partial charge is 0.244 e. The molecule has 1 aliphatic carbocycles. The molecule has 2 heterocycles. The van der Waals surface area contributed by atoms with Crippen LogP contribution < -0.4 is 4.74 Å². The summed E-state index contributed by atoms with van der Waals surface area (Å²) >= 11 is 3.41. The monoisotopic (exact) mass is 546 g/mol. The average molecular weight is 547 g/mol. The summed E-state index contributed by atoms with van der Waals surface area (Å²) in [6, 6.07) is 8.88. The topological polar surface area (TPSA) is 94.4 Å². The van der Waals surface area contributed by atoms with Crippen molar-refractivity contribution in [2.45, 2.75) is 56.5 Å². The number of sulfonamides is 1. The Morgan fingerprint density at radius 2 is 2.00 bits per heavy atom. The fraction of sp³-hybridized carbons (Fsp3) is 0.375. The van der Waals surface area contributed by atoms with Crippen LogP contribution >= 0.6 is 15.9 Å². The minimum Gasteiger partial charge on any atom is -0.438 e. The second-order valence-corrected chi connectivity index (χ2v) is 11.5. The van der Waals surface area contributed by atoms with E-state index in [1.807, 2.05) is 24.3 Å². The Labute approximate surface area is 208 Å². The summed E-state index contributed by atoms with van der Waals surface area (Å²) < 4.78 is 36.2. The van der Waals surface area contributed by atoms with Crippen molar-refractivity contribution < 1.29 is 17.9 Å². The molecule has 0 radical (unpaired) electrons. The van der Waals surface area contributed by atoms with Gasteiger partial charge in [-0.25, -0.2) is 13.4 Å². The van der Waals surface area contributed by atoms with E-state index in [0.717, 1.165) is 30.4 Å². The van der Waals surface area contributed by atoms with Crippen molar-refractivity contribution in [3.05, 3.63) is 64.0 Å². The van der Waals surface area contributed by atoms with Gasteiger partial charge >= 0.3 is 0 Å². The lowest BCUT2D eigenvalue weighted by Crippen LogP contribution is -2.33. The third kappa shape index (κ3) is 4.80. The fourth-order valence-electron chi connectivity index (χ4n) is 4.19. The molecule has 0 bridgehead atoms. The maximum absolute atomic E-state index is 13.4. The van der Waals surface area contributed by atoms with Gasteiger partial charge in [0.05, 0.1) is 29.5 Å². The third-order valence-corrected chi connectivity index (χ3v) is 8.54. The lowest BCUT2D eigenvalue weighted by molar-refractivity contribution is -0.108. The molecule has 4 rings (SSSR count). The van der Waals surface area contributed by atoms with Crippen LogP contribution in [0.25, 0.3) is 0 Å². The highest BCUT2D eigenvalue weighted by Crippen LogP contribution is 2.37. The Morgan fingerprint density at radius 3 is 2.65 bits per heavy atom. The number of nitrogens with zero attached hydrogens (tertiary/aromatic N) is 4. The number of hydrogen-bond acceptors (Lipinski definition) is 6. The molecule has 1 aliphatic rings. The highest BCUT2D eigenvalue weighted by molar-refractivity contribution is 9.10. The number of ether oxygens (including phenoxy) is 1. The van der Waals surface area contributed by atoms with Gasteiger partial charge in [-0.3, -0.25) is 4.68 Å². The van der Waals surface area contributed by atoms with E-state index in [2.05, 4.69) is 39.9 Å². The second-order valence-electron chi connectivity index (χ2n) is 8.61. The zero-order valence-corrected chi connectivity index (χ0v) is 21.7. The van der Waals surface area contributed by atoms with E-state index in [1.54, 1.807) is 17.9 Å². The molecule has 0 N–H and O–H groups in total. The first-order valence-corrected chi connectivity index (χ1v) is 13.3. The van der Waals surface area contributed by atoms with Gasteiger partial charge in [-0.1, -0.05) is 26.0 Å². The van der Waals surface area contributed by atoms with Gasteiger partial charge in [0.25, 0.3) is 0 Å². The van der Waals surface area contributed by atoms with E-state index < -0.39 is 10.0 Å². The molecule has 180 valence electrons. The molecular weight excluding hydrogens is 520 g/mol. The number of hydrogen-bond donors (Lipinski definition) is 0. The number of rotatable bonds is 8. The number of benzene rings is 1. The van der Waals surface area contributed by atoms with Gasteiger partial charge < -0.3 is 9.53 Å². The normalized spacial score (nSPS) is 16.0. The van der Waals surface area contributed by atoms with Crippen LogP contribution in [-0.2, 0) is 27.8 Å². The van der Waals surface area contributed by atoms with Gasteiger partial charge in [-0.15, -0.1) is 0 Å². The summed E-state index contributed by atoms with van der Waals surface area (Å²) in [4.78, 5) is 15.3. The molecule has 2 aromatic heterocycles. The molecule has 3 aromatic rings. The standard InChI is InChI=1S/C24H27BrN4O4S/c1-16(2)17-7-9-18(10-8-17)33-24-21(25)13-19(14-26-24)34(31,32)28(3)22-5-4-6-23-20(22)15-27-29(23)11-12-30/h7-10,12-16,22H,4-6,11H2,1-3H3/t22-/m1/s1. The summed E-state index contributed by atoms with van der Waals surface area (Å²) in [5, 5.41) is 4.28. The van der Waals surface area contributed by atoms with Crippen LogP contribution in [0.15, 0.2) is 52.1 Å². The summed E-state index contributed by atoms with van der Waals surface area (Å²) in [7, 11) is -2.26. The zero-order chi connectivity index (χ0) is 24.5. The number of pyridine rings is 1. The average Bonchev–Trinajstić information content (AvgIpc) is 3.23. The third-order valence-electron chi connectivity index (χ3n) is 6.14. The van der Waals surface area contributed by atoms with Crippen LogP contribution in [0.4, 0.5) is 0 Å². The summed E-state index contributed by atoms with van der Waals surface area (Å²) in [5.74, 6) is 1.32. The maximum Gasteiger partial charge on any atom is 0.244 e. The van der Waals surface area contributed by atoms with Crippen molar-refractivity contribution in [2.24, 2.45) is 0 Å². The van der Waals surface area contributed by atoms with E-state index >= 15 is 0 Å². The van der Waals surface area contributed by atoms with Crippen LogP contribution in [0.1, 0.15) is 55.5 Å². The molecule has 0 amide bonds. The highest BCUT2D eigenvalue weighted by atomic mass is 79.9. The van der Waals surface area contributed by atoms with Crippen molar-refractivity contribution in [1.82, 2.24) is 19.1 Å². The molecule has 1 aromatic carbocycles. The second kappa shape index (κ2) is 9.97. The molecule has 0 fully saturated rings. The van der Waals surface area contributed by atoms with E-state index in [-0.39, 0.29) is 23.4 Å². The number of halogens is 1. The molecular formula is C24H27BrN4O4S. The highest BCUT2D eigenvalue weighted by Gasteiger charge is 2.34. The minimum atomic E-state index is -3.83. The number of carbonyl (C=O) groups is 1. The van der Waals surface area contributed by atoms with Crippen molar-refractivity contribution >= 4 is 32.2 Å². The lowest BCUT2D eigenvalue weighted by atomic mass is 9.93. The van der Waals surface area contributed by atoms with Crippen LogP contribution in [-0.4, -0.2) is 40.8 Å². The molecule has 0 spiro atoms. The van der Waals surface area contributed by atoms with Gasteiger partial charge in [0.2, 0.25) is 15.9 Å². The van der Waals surface area contributed by atoms with Crippen LogP contribution in [0, 0.1) is 0 Å². The Balaban J connectivity index is 1.56. The molecule has 8 nitrogen and oxygen atoms in total. The zero-order valence-electron chi connectivity index (χ0n) is 19.3. The van der Waals surface area contributed by atoms with Crippen molar-refractivity contribution in [1.29, 1.82) is 0 Å². The maximum atomic E-state index is 13.4. The molecule has 1 atom stereocenters. The first-order valence-electron chi connectivity index (χ1n) is 11.1. The molecule has 10 heteroatoms. The summed E-state index contributed by atoms with van der Waals surface area (Å²) in [6.07, 6.45) is 6.04. The SMILES string of the molecule is CC(C)c1ccc(Oc2ncc(S(=O)(=O)N(C)[C@@H]3CCCc4c3cnn4CC=O)cc2Br)cc1. The molecule has 0 aliphatic heterocycles. The number of aldehydes is 1. The predicted octanol–water partition coefficient (Wildman–Crippen LogP) is 4.85. The summed E-state index contributed by atoms with van der Waals surface area (Å²) in [5.41, 5.74) is 2.96. The van der Waals surface area contributed by atoms with Crippen LogP contribution in [0.2, 0.25) is 0 Å². The first kappa shape index (κ1) is 24.6. The van der Waals surface area contributed by atoms with Crippen molar-refractivity contribution in [2.75, 3.05) is 7.05 Å². The van der Waals surface area contributed by atoms with Gasteiger partial charge in [-0.05, 0) is 64.9 Å². The van der Waals surface area contributed by atoms with Gasteiger partial charge in [0, 0.05) is 18.3 Å². The van der Waals surface area contributed by atoms with Gasteiger partial charge in [0.1, 0.15) is 16.9 Å². The number of fused-ring (bicyclic) bond motifs is 1. The van der Waals surface area contributed by atoms with Crippen LogP contribution in [0.3, 0.4) is 0 Å². The van der Waals surface area contributed by atoms with Gasteiger partial charge in [-0.2, -0.15) is 9.40 Å². The Morgan fingerprint density at radius 1 is 1.26 bits per heavy atom. The quantitative estimate of drug-likeness (QED) is 0.374. The Bertz CT molecular complexity index is 1290. The van der Waals surface area contributed by atoms with E-state index in [9.17, 15) is 13.2 Å². The number of carbonyl (C=O) groups excluding carboxylic acids is 1. The fourth-order valence-corrected chi connectivity index (χ4v) is 6.11. The number of aromatic nitrogens is 3. The first-order chi connectivity index (χ1) is 16.2. The van der Waals surface area contributed by atoms with E-state index in [0.29, 0.717) is 22.6 Å². The largest absolute Gasteiger partial charge is 0.438 e. The molecule has 0 saturated heterocycles. The molecule has 0 saturated carbocycles. The Hall–Kier alpha value is -2.56. The van der Waals surface area contributed by atoms with Crippen molar-refractivity contribution in [3.63, 3.8) is 0 Å². The molecule has 0 unspecified atom stereocenters. The predicted molar refractivity (Wildman–Crippen MR) is 131 cm³/mol. The van der Waals surface area contributed by atoms with E-state index in [4.69, 9.17) is 4.74 Å². The van der Waals surface area contributed by atoms with Crippen molar-refractivity contribution in [3.8, 4) is 11.6 Å². The van der Waals surface area contributed by atoms with Crippen LogP contribution in [0.5, 0.6) is 11.6 Å². The minimum absolute atomic E-state index is 0.0665. The summed E-state index contributed by atoms with van der Waals surface area (Å²) in [6.45, 7) is 4.40. The lowest BCUT2D eigenvalue weighted by Gasteiger charge is -2.30. The van der Waals surface area contributed by atoms with Gasteiger partial charge in [0.15, 0.2) is 0 Å². The molecule has 34 heavy (non-hydrogen) atoms. The Kier molecular flexibility index (Phi) is 7.20. The van der Waals surface area contributed by atoms with E-state index in [1.165, 1.54) is 22.1 Å².